The highest BCUT2D eigenvalue weighted by Crippen LogP contribution is 2.26. The highest BCUT2D eigenvalue weighted by Gasteiger charge is 2.17. The van der Waals surface area contributed by atoms with Crippen LogP contribution in [0.4, 0.5) is 0 Å². The maximum atomic E-state index is 13.4. The Morgan fingerprint density at radius 1 is 1.19 bits per heavy atom. The molecule has 2 heterocycles. The third-order valence-electron chi connectivity index (χ3n) is 4.66. The standard InChI is InChI=1S/C21H19N7O2S/c22-27-24-12-6-11-23-17(29)13-31-21-26-18-15-9-4-5-10-16(15)25-19(18)20(30)28(21)14-7-2-1-3-8-14/h1-5,7-10,25H,6,11-13H2,(H,23,29). The van der Waals surface area contributed by atoms with Gasteiger partial charge in [0.2, 0.25) is 5.91 Å². The molecule has 0 atom stereocenters. The number of carbonyl (C=O) groups excluding carboxylic acids is 1. The topological polar surface area (TPSA) is 129 Å². The number of amides is 1. The second-order valence-corrected chi connectivity index (χ2v) is 7.65. The molecule has 9 nitrogen and oxygen atoms in total. The largest absolute Gasteiger partial charge is 0.355 e. The van der Waals surface area contributed by atoms with Crippen LogP contribution >= 0.6 is 11.8 Å². The van der Waals surface area contributed by atoms with E-state index in [0.29, 0.717) is 41.4 Å². The highest BCUT2D eigenvalue weighted by atomic mass is 32.2. The molecule has 4 aromatic rings. The molecule has 0 spiro atoms. The van der Waals surface area contributed by atoms with Crippen molar-refractivity contribution in [3.05, 3.63) is 75.4 Å². The number of fused-ring (bicyclic) bond motifs is 3. The number of benzene rings is 2. The first-order valence-electron chi connectivity index (χ1n) is 9.68. The Morgan fingerprint density at radius 2 is 1.97 bits per heavy atom. The van der Waals surface area contributed by atoms with Crippen molar-refractivity contribution >= 4 is 39.6 Å². The molecule has 0 unspecified atom stereocenters. The van der Waals surface area contributed by atoms with Gasteiger partial charge in [0.1, 0.15) is 11.0 Å². The summed E-state index contributed by atoms with van der Waals surface area (Å²) in [5, 5.41) is 7.52. The molecule has 0 fully saturated rings. The van der Waals surface area contributed by atoms with E-state index in [4.69, 9.17) is 10.5 Å². The summed E-state index contributed by atoms with van der Waals surface area (Å²) >= 11 is 1.20. The number of azide groups is 1. The van der Waals surface area contributed by atoms with Crippen LogP contribution in [0.3, 0.4) is 0 Å². The maximum Gasteiger partial charge on any atom is 0.283 e. The summed E-state index contributed by atoms with van der Waals surface area (Å²) < 4.78 is 1.53. The Labute approximate surface area is 181 Å². The van der Waals surface area contributed by atoms with Gasteiger partial charge in [0.15, 0.2) is 5.16 Å². The van der Waals surface area contributed by atoms with Crippen LogP contribution in [0.25, 0.3) is 38.1 Å². The molecule has 0 aliphatic rings. The van der Waals surface area contributed by atoms with Crippen LogP contribution in [0.5, 0.6) is 0 Å². The van der Waals surface area contributed by atoms with Crippen LogP contribution in [0.15, 0.2) is 69.7 Å². The summed E-state index contributed by atoms with van der Waals surface area (Å²) in [6.45, 7) is 0.745. The summed E-state index contributed by atoms with van der Waals surface area (Å²) in [4.78, 5) is 36.2. The lowest BCUT2D eigenvalue weighted by Crippen LogP contribution is -2.27. The Balaban J connectivity index is 1.67. The van der Waals surface area contributed by atoms with Gasteiger partial charge in [-0.3, -0.25) is 14.2 Å². The van der Waals surface area contributed by atoms with E-state index in [1.54, 1.807) is 0 Å². The molecule has 0 bridgehead atoms. The summed E-state index contributed by atoms with van der Waals surface area (Å²) in [7, 11) is 0. The minimum atomic E-state index is -0.218. The lowest BCUT2D eigenvalue weighted by Gasteiger charge is -2.12. The molecule has 2 aromatic carbocycles. The Bertz CT molecular complexity index is 1340. The fourth-order valence-corrected chi connectivity index (χ4v) is 4.08. The molecule has 2 aromatic heterocycles. The van der Waals surface area contributed by atoms with Gasteiger partial charge in [0.05, 0.1) is 11.4 Å². The van der Waals surface area contributed by atoms with Crippen molar-refractivity contribution < 1.29 is 4.79 Å². The second kappa shape index (κ2) is 9.38. The zero-order valence-electron chi connectivity index (χ0n) is 16.5. The summed E-state index contributed by atoms with van der Waals surface area (Å²) in [6, 6.07) is 16.9. The zero-order valence-corrected chi connectivity index (χ0v) is 17.3. The molecular weight excluding hydrogens is 414 g/mol. The minimum Gasteiger partial charge on any atom is -0.355 e. The zero-order chi connectivity index (χ0) is 21.6. The van der Waals surface area contributed by atoms with Crippen LogP contribution in [-0.2, 0) is 4.79 Å². The van der Waals surface area contributed by atoms with Gasteiger partial charge in [-0.05, 0) is 30.2 Å². The third kappa shape index (κ3) is 4.40. The Morgan fingerprint density at radius 3 is 2.77 bits per heavy atom. The summed E-state index contributed by atoms with van der Waals surface area (Å²) in [5.74, 6) is -0.0758. The van der Waals surface area contributed by atoms with Gasteiger partial charge in [-0.2, -0.15) is 0 Å². The number of hydrogen-bond acceptors (Lipinski definition) is 5. The van der Waals surface area contributed by atoms with Crippen LogP contribution in [0, 0.1) is 0 Å². The first kappa shape index (κ1) is 20.5. The summed E-state index contributed by atoms with van der Waals surface area (Å²) in [6.07, 6.45) is 0.564. The van der Waals surface area contributed by atoms with E-state index in [0.717, 1.165) is 10.9 Å². The van der Waals surface area contributed by atoms with Crippen molar-refractivity contribution in [1.29, 1.82) is 0 Å². The monoisotopic (exact) mass is 433 g/mol. The lowest BCUT2D eigenvalue weighted by atomic mass is 10.2. The number of aromatic nitrogens is 3. The van der Waals surface area contributed by atoms with Crippen LogP contribution < -0.4 is 10.9 Å². The van der Waals surface area contributed by atoms with Crippen LogP contribution in [0.1, 0.15) is 6.42 Å². The molecule has 31 heavy (non-hydrogen) atoms. The molecule has 0 aliphatic heterocycles. The van der Waals surface area contributed by atoms with Gasteiger partial charge >= 0.3 is 0 Å². The second-order valence-electron chi connectivity index (χ2n) is 6.71. The highest BCUT2D eigenvalue weighted by molar-refractivity contribution is 7.99. The number of nitrogens with zero attached hydrogens (tertiary/aromatic N) is 5. The first-order valence-corrected chi connectivity index (χ1v) is 10.7. The number of H-pyrrole nitrogens is 1. The van der Waals surface area contributed by atoms with Gasteiger partial charge in [-0.1, -0.05) is 53.3 Å². The number of aromatic amines is 1. The molecule has 0 saturated heterocycles. The van der Waals surface area contributed by atoms with Crippen molar-refractivity contribution in [1.82, 2.24) is 19.9 Å². The lowest BCUT2D eigenvalue weighted by molar-refractivity contribution is -0.118. The predicted molar refractivity (Wildman–Crippen MR) is 122 cm³/mol. The smallest absolute Gasteiger partial charge is 0.283 e. The molecular formula is C21H19N7O2S. The fraction of sp³-hybridized carbons (Fsp3) is 0.190. The van der Waals surface area contributed by atoms with E-state index in [9.17, 15) is 9.59 Å². The van der Waals surface area contributed by atoms with E-state index in [-0.39, 0.29) is 17.2 Å². The molecule has 156 valence electrons. The van der Waals surface area contributed by atoms with Gasteiger partial charge in [-0.15, -0.1) is 0 Å². The van der Waals surface area contributed by atoms with Crippen molar-refractivity contribution in [3.63, 3.8) is 0 Å². The van der Waals surface area contributed by atoms with Gasteiger partial charge in [-0.25, -0.2) is 4.98 Å². The van der Waals surface area contributed by atoms with E-state index < -0.39 is 0 Å². The molecule has 4 rings (SSSR count). The molecule has 10 heteroatoms. The van der Waals surface area contributed by atoms with Gasteiger partial charge < -0.3 is 10.3 Å². The Kier molecular flexibility index (Phi) is 6.21. The number of nitrogens with one attached hydrogen (secondary N) is 2. The molecule has 0 saturated carbocycles. The average Bonchev–Trinajstić information content (AvgIpc) is 3.17. The number of hydrogen-bond donors (Lipinski definition) is 2. The van der Waals surface area contributed by atoms with E-state index in [1.807, 2.05) is 54.6 Å². The van der Waals surface area contributed by atoms with Gasteiger partial charge in [0.25, 0.3) is 5.56 Å². The van der Waals surface area contributed by atoms with E-state index >= 15 is 0 Å². The van der Waals surface area contributed by atoms with Crippen molar-refractivity contribution in [2.75, 3.05) is 18.8 Å². The van der Waals surface area contributed by atoms with Crippen LogP contribution in [0.2, 0.25) is 0 Å². The average molecular weight is 433 g/mol. The predicted octanol–water partition coefficient (Wildman–Crippen LogP) is 3.78. The van der Waals surface area contributed by atoms with Gasteiger partial charge in [0, 0.05) is 28.9 Å². The Hall–Kier alpha value is -3.75. The minimum absolute atomic E-state index is 0.106. The third-order valence-corrected chi connectivity index (χ3v) is 5.60. The van der Waals surface area contributed by atoms with E-state index in [1.165, 1.54) is 16.3 Å². The quantitative estimate of drug-likeness (QED) is 0.109. The molecule has 2 N–H and O–H groups in total. The van der Waals surface area contributed by atoms with Crippen molar-refractivity contribution in [2.45, 2.75) is 11.6 Å². The number of para-hydroxylation sites is 2. The number of thioether (sulfide) groups is 1. The number of rotatable bonds is 8. The molecule has 0 radical (unpaired) electrons. The van der Waals surface area contributed by atoms with E-state index in [2.05, 4.69) is 20.3 Å². The van der Waals surface area contributed by atoms with Crippen LogP contribution in [-0.4, -0.2) is 39.3 Å². The van der Waals surface area contributed by atoms with Crippen molar-refractivity contribution in [2.24, 2.45) is 5.11 Å². The fourth-order valence-electron chi connectivity index (χ4n) is 3.25. The number of carbonyl (C=O) groups is 1. The maximum absolute atomic E-state index is 13.4. The normalized spacial score (nSPS) is 10.8. The molecule has 0 aliphatic carbocycles. The first-order chi connectivity index (χ1) is 15.2. The SMILES string of the molecule is [N-]=[N+]=NCCCNC(=O)CSc1nc2c([nH]c3ccccc32)c(=O)n1-c1ccccc1. The summed E-state index contributed by atoms with van der Waals surface area (Å²) in [5.41, 5.74) is 10.6. The molecule has 1 amide bonds. The van der Waals surface area contributed by atoms with Crippen molar-refractivity contribution in [3.8, 4) is 5.69 Å².